The zero-order valence-electron chi connectivity index (χ0n) is 8.95. The SMILES string of the molecule is Cc1ccoc1C(=O)N1CC(CC(F)F)C1. The molecular formula is C11H13F2NO2. The van der Waals surface area contributed by atoms with Crippen LogP contribution in [0.2, 0.25) is 0 Å². The first-order valence-electron chi connectivity index (χ1n) is 5.19. The highest BCUT2D eigenvalue weighted by Crippen LogP contribution is 2.25. The van der Waals surface area contributed by atoms with E-state index in [-0.39, 0.29) is 18.2 Å². The molecule has 1 fully saturated rings. The van der Waals surface area contributed by atoms with Crippen molar-refractivity contribution >= 4 is 5.91 Å². The molecule has 0 spiro atoms. The lowest BCUT2D eigenvalue weighted by atomic mass is 9.96. The van der Waals surface area contributed by atoms with Gasteiger partial charge < -0.3 is 9.32 Å². The standard InChI is InChI=1S/C11H13F2NO2/c1-7-2-3-16-10(7)11(15)14-5-8(6-14)4-9(12)13/h2-3,8-9H,4-6H2,1H3. The normalized spacial score (nSPS) is 16.6. The second-order valence-electron chi connectivity index (χ2n) is 4.14. The fraction of sp³-hybridized carbons (Fsp3) is 0.545. The van der Waals surface area contributed by atoms with Crippen LogP contribution in [0.3, 0.4) is 0 Å². The maximum atomic E-state index is 12.0. The summed E-state index contributed by atoms with van der Waals surface area (Å²) in [7, 11) is 0. The third kappa shape index (κ3) is 2.08. The van der Waals surface area contributed by atoms with E-state index in [0.717, 1.165) is 5.56 Å². The molecule has 3 nitrogen and oxygen atoms in total. The van der Waals surface area contributed by atoms with Crippen molar-refractivity contribution in [1.82, 2.24) is 4.90 Å². The van der Waals surface area contributed by atoms with Crippen LogP contribution < -0.4 is 0 Å². The van der Waals surface area contributed by atoms with Gasteiger partial charge in [0.05, 0.1) is 6.26 Å². The number of nitrogens with zero attached hydrogens (tertiary/aromatic N) is 1. The Morgan fingerprint density at radius 3 is 2.81 bits per heavy atom. The average molecular weight is 229 g/mol. The van der Waals surface area contributed by atoms with E-state index in [1.165, 1.54) is 6.26 Å². The maximum absolute atomic E-state index is 12.0. The van der Waals surface area contributed by atoms with Crippen LogP contribution in [0.4, 0.5) is 8.78 Å². The molecule has 0 unspecified atom stereocenters. The van der Waals surface area contributed by atoms with Crippen LogP contribution in [-0.4, -0.2) is 30.3 Å². The highest BCUT2D eigenvalue weighted by molar-refractivity contribution is 5.93. The Kier molecular flexibility index (Phi) is 2.94. The summed E-state index contributed by atoms with van der Waals surface area (Å²) in [5, 5.41) is 0. The van der Waals surface area contributed by atoms with E-state index in [4.69, 9.17) is 4.42 Å². The molecule has 16 heavy (non-hydrogen) atoms. The lowest BCUT2D eigenvalue weighted by Gasteiger charge is -2.38. The Morgan fingerprint density at radius 1 is 1.62 bits per heavy atom. The molecule has 0 aliphatic carbocycles. The van der Waals surface area contributed by atoms with Gasteiger partial charge in [0.25, 0.3) is 5.91 Å². The van der Waals surface area contributed by atoms with Gasteiger partial charge in [0.2, 0.25) is 6.43 Å². The summed E-state index contributed by atoms with van der Waals surface area (Å²) >= 11 is 0. The van der Waals surface area contributed by atoms with Gasteiger partial charge >= 0.3 is 0 Å². The van der Waals surface area contributed by atoms with Gasteiger partial charge in [0.15, 0.2) is 5.76 Å². The minimum atomic E-state index is -2.28. The van der Waals surface area contributed by atoms with Gasteiger partial charge in [-0.15, -0.1) is 0 Å². The van der Waals surface area contributed by atoms with E-state index in [1.54, 1.807) is 17.9 Å². The number of likely N-dealkylation sites (tertiary alicyclic amines) is 1. The summed E-state index contributed by atoms with van der Waals surface area (Å²) in [6.45, 7) is 2.60. The molecule has 0 radical (unpaired) electrons. The molecule has 0 saturated carbocycles. The van der Waals surface area contributed by atoms with Crippen molar-refractivity contribution in [2.24, 2.45) is 5.92 Å². The molecule has 1 aliphatic rings. The number of hydrogen-bond donors (Lipinski definition) is 0. The largest absolute Gasteiger partial charge is 0.459 e. The summed E-state index contributed by atoms with van der Waals surface area (Å²) in [6.07, 6.45) is -0.951. The second kappa shape index (κ2) is 4.23. The first-order valence-corrected chi connectivity index (χ1v) is 5.19. The van der Waals surface area contributed by atoms with Crippen LogP contribution in [0.1, 0.15) is 22.5 Å². The molecule has 2 rings (SSSR count). The quantitative estimate of drug-likeness (QED) is 0.796. The number of furan rings is 1. The Morgan fingerprint density at radius 2 is 2.31 bits per heavy atom. The van der Waals surface area contributed by atoms with E-state index in [9.17, 15) is 13.6 Å². The van der Waals surface area contributed by atoms with Crippen molar-refractivity contribution in [2.75, 3.05) is 13.1 Å². The monoisotopic (exact) mass is 229 g/mol. The summed E-state index contributed by atoms with van der Waals surface area (Å²) < 4.78 is 29.2. The zero-order chi connectivity index (χ0) is 11.7. The molecule has 1 aromatic rings. The van der Waals surface area contributed by atoms with Crippen LogP contribution in [0.15, 0.2) is 16.7 Å². The molecule has 2 heterocycles. The number of rotatable bonds is 3. The zero-order valence-corrected chi connectivity index (χ0v) is 8.95. The number of halogens is 2. The molecular weight excluding hydrogens is 216 g/mol. The topological polar surface area (TPSA) is 33.5 Å². The predicted octanol–water partition coefficient (Wildman–Crippen LogP) is 2.32. The van der Waals surface area contributed by atoms with Gasteiger partial charge in [-0.2, -0.15) is 0 Å². The van der Waals surface area contributed by atoms with Gasteiger partial charge in [-0.3, -0.25) is 4.79 Å². The van der Waals surface area contributed by atoms with E-state index in [2.05, 4.69) is 0 Å². The molecule has 88 valence electrons. The maximum Gasteiger partial charge on any atom is 0.289 e. The van der Waals surface area contributed by atoms with Crippen molar-refractivity contribution in [1.29, 1.82) is 0 Å². The Hall–Kier alpha value is -1.39. The molecule has 1 aliphatic heterocycles. The van der Waals surface area contributed by atoms with Crippen LogP contribution in [0.5, 0.6) is 0 Å². The molecule has 0 atom stereocenters. The number of alkyl halides is 2. The van der Waals surface area contributed by atoms with Gasteiger partial charge in [0.1, 0.15) is 0 Å². The Balaban J connectivity index is 1.89. The minimum Gasteiger partial charge on any atom is -0.459 e. The predicted molar refractivity (Wildman–Crippen MR) is 53.5 cm³/mol. The third-order valence-electron chi connectivity index (χ3n) is 2.81. The van der Waals surface area contributed by atoms with Crippen LogP contribution in [-0.2, 0) is 0 Å². The third-order valence-corrected chi connectivity index (χ3v) is 2.81. The van der Waals surface area contributed by atoms with E-state index in [1.807, 2.05) is 0 Å². The van der Waals surface area contributed by atoms with E-state index in [0.29, 0.717) is 18.8 Å². The van der Waals surface area contributed by atoms with Crippen molar-refractivity contribution < 1.29 is 18.0 Å². The molecule has 5 heteroatoms. The van der Waals surface area contributed by atoms with Crippen molar-refractivity contribution in [3.8, 4) is 0 Å². The second-order valence-corrected chi connectivity index (χ2v) is 4.14. The summed E-state index contributed by atoms with van der Waals surface area (Å²) in [5.41, 5.74) is 0.780. The minimum absolute atomic E-state index is 0.0702. The number of aryl methyl sites for hydroxylation is 1. The molecule has 0 N–H and O–H groups in total. The van der Waals surface area contributed by atoms with Gasteiger partial charge in [0, 0.05) is 25.1 Å². The highest BCUT2D eigenvalue weighted by atomic mass is 19.3. The lowest BCUT2D eigenvalue weighted by Crippen LogP contribution is -2.50. The first-order chi connectivity index (χ1) is 7.58. The first kappa shape index (κ1) is 11.1. The molecule has 1 saturated heterocycles. The van der Waals surface area contributed by atoms with Gasteiger partial charge in [-0.05, 0) is 18.9 Å². The summed E-state index contributed by atoms with van der Waals surface area (Å²) in [4.78, 5) is 13.3. The number of hydrogen-bond acceptors (Lipinski definition) is 2. The summed E-state index contributed by atoms with van der Waals surface area (Å²) in [5.74, 6) is 0.0442. The van der Waals surface area contributed by atoms with Crippen molar-refractivity contribution in [3.05, 3.63) is 23.7 Å². The number of carbonyl (C=O) groups is 1. The lowest BCUT2D eigenvalue weighted by molar-refractivity contribution is 0.0257. The number of carbonyl (C=O) groups excluding carboxylic acids is 1. The van der Waals surface area contributed by atoms with Crippen molar-refractivity contribution in [3.63, 3.8) is 0 Å². The molecule has 1 amide bonds. The Labute approximate surface area is 92.0 Å². The van der Waals surface area contributed by atoms with Crippen LogP contribution >= 0.6 is 0 Å². The van der Waals surface area contributed by atoms with Crippen LogP contribution in [0.25, 0.3) is 0 Å². The molecule has 0 bridgehead atoms. The molecule has 0 aromatic carbocycles. The van der Waals surface area contributed by atoms with Gasteiger partial charge in [-0.25, -0.2) is 8.78 Å². The van der Waals surface area contributed by atoms with E-state index >= 15 is 0 Å². The highest BCUT2D eigenvalue weighted by Gasteiger charge is 2.34. The van der Waals surface area contributed by atoms with Crippen LogP contribution in [0, 0.1) is 12.8 Å². The van der Waals surface area contributed by atoms with Gasteiger partial charge in [-0.1, -0.05) is 0 Å². The fourth-order valence-corrected chi connectivity index (χ4v) is 1.87. The Bertz CT molecular complexity index is 383. The van der Waals surface area contributed by atoms with E-state index < -0.39 is 6.43 Å². The van der Waals surface area contributed by atoms with Crippen molar-refractivity contribution in [2.45, 2.75) is 19.8 Å². The molecule has 1 aromatic heterocycles. The summed E-state index contributed by atoms with van der Waals surface area (Å²) in [6, 6.07) is 1.71. The fourth-order valence-electron chi connectivity index (χ4n) is 1.87. The average Bonchev–Trinajstić information content (AvgIpc) is 2.56. The number of amides is 1. The smallest absolute Gasteiger partial charge is 0.289 e.